The molecule has 80 heavy (non-hydrogen) atoms. The van der Waals surface area contributed by atoms with Crippen LogP contribution in [-0.2, 0) is 19.1 Å². The normalized spacial score (nSPS) is 12.7. The van der Waals surface area contributed by atoms with Crippen LogP contribution >= 0.6 is 0 Å². The highest BCUT2D eigenvalue weighted by Crippen LogP contribution is 2.18. The fraction of sp³-hybridized carbons (Fsp3) is 0.787. The quantitative estimate of drug-likeness (QED) is 0.0373. The average molecular weight is 1120 g/mol. The summed E-state index contributed by atoms with van der Waals surface area (Å²) in [5.74, 6) is -0.573. The Labute approximate surface area is 498 Å². The number of esters is 2. The average Bonchev–Trinajstić information content (AvgIpc) is 3.46. The van der Waals surface area contributed by atoms with Crippen molar-refractivity contribution >= 4 is 11.9 Å². The maximum absolute atomic E-state index is 12.4. The number of hydrogen-bond donors (Lipinski definition) is 1. The highest BCUT2D eigenvalue weighted by Gasteiger charge is 2.16. The van der Waals surface area contributed by atoms with Gasteiger partial charge in [0.2, 0.25) is 0 Å². The Kier molecular flexibility index (Phi) is 67.8. The van der Waals surface area contributed by atoms with Crippen LogP contribution in [0, 0.1) is 0 Å². The summed E-state index contributed by atoms with van der Waals surface area (Å²) < 4.78 is 10.8. The van der Waals surface area contributed by atoms with Gasteiger partial charge in [0.1, 0.15) is 6.61 Å². The molecule has 0 fully saturated rings. The van der Waals surface area contributed by atoms with Crippen LogP contribution in [0.4, 0.5) is 0 Å². The Bertz CT molecular complexity index is 1450. The van der Waals surface area contributed by atoms with Gasteiger partial charge in [0.25, 0.3) is 0 Å². The van der Waals surface area contributed by atoms with Crippen LogP contribution in [0.15, 0.2) is 85.1 Å². The first kappa shape index (κ1) is 77.1. The van der Waals surface area contributed by atoms with Crippen molar-refractivity contribution in [3.05, 3.63) is 85.1 Å². The van der Waals surface area contributed by atoms with Crippen LogP contribution in [0.25, 0.3) is 0 Å². The van der Waals surface area contributed by atoms with E-state index in [1.165, 1.54) is 257 Å². The fourth-order valence-electron chi connectivity index (χ4n) is 10.4. The van der Waals surface area contributed by atoms with E-state index in [0.717, 1.165) is 77.0 Å². The third-order valence-electron chi connectivity index (χ3n) is 15.7. The Morgan fingerprint density at radius 1 is 0.300 bits per heavy atom. The van der Waals surface area contributed by atoms with Crippen molar-refractivity contribution in [1.82, 2.24) is 0 Å². The second-order valence-corrected chi connectivity index (χ2v) is 23.6. The molecule has 0 heterocycles. The number of ether oxygens (including phenoxy) is 2. The first-order chi connectivity index (χ1) is 39.6. The summed E-state index contributed by atoms with van der Waals surface area (Å²) in [6, 6.07) is 0. The molecule has 0 rings (SSSR count). The van der Waals surface area contributed by atoms with Crippen molar-refractivity contribution in [1.29, 1.82) is 0 Å². The lowest BCUT2D eigenvalue weighted by molar-refractivity contribution is -0.161. The lowest BCUT2D eigenvalue weighted by Gasteiger charge is -2.15. The molecule has 0 aromatic heterocycles. The van der Waals surface area contributed by atoms with Crippen LogP contribution < -0.4 is 0 Å². The molecule has 0 aliphatic heterocycles. The summed E-state index contributed by atoms with van der Waals surface area (Å²) in [6.45, 7) is 4.06. The number of aliphatic hydroxyl groups is 1. The van der Waals surface area contributed by atoms with Crippen LogP contribution in [-0.4, -0.2) is 36.4 Å². The molecule has 5 heteroatoms. The van der Waals surface area contributed by atoms with Gasteiger partial charge in [-0.05, 0) is 89.9 Å². The molecule has 0 aliphatic carbocycles. The Morgan fingerprint density at radius 3 is 0.812 bits per heavy atom. The van der Waals surface area contributed by atoms with Gasteiger partial charge in [-0.25, -0.2) is 0 Å². The number of unbranched alkanes of at least 4 members (excludes halogenated alkanes) is 43. The zero-order valence-corrected chi connectivity index (χ0v) is 53.3. The number of hydrogen-bond acceptors (Lipinski definition) is 5. The van der Waals surface area contributed by atoms with Crippen molar-refractivity contribution in [2.24, 2.45) is 0 Å². The minimum atomic E-state index is -0.774. The molecular weight excluding hydrogens is 981 g/mol. The van der Waals surface area contributed by atoms with Gasteiger partial charge in [-0.3, -0.25) is 9.59 Å². The van der Waals surface area contributed by atoms with Gasteiger partial charge in [-0.1, -0.05) is 343 Å². The van der Waals surface area contributed by atoms with Crippen molar-refractivity contribution < 1.29 is 24.2 Å². The SMILES string of the molecule is CC/C=C\C/C=C\C/C=C\C/C=C\C/C=C\CCCCCCCCCCCCCCCCCCCC(=O)OC(CO)COC(=O)CCCCCCCCCCCCCCCCCCCCCCC/C=C\C/C=C\CCCCCCC. The minimum Gasteiger partial charge on any atom is -0.462 e. The van der Waals surface area contributed by atoms with Crippen LogP contribution in [0.1, 0.15) is 361 Å². The molecule has 1 atom stereocenters. The van der Waals surface area contributed by atoms with E-state index >= 15 is 0 Å². The molecule has 0 radical (unpaired) electrons. The van der Waals surface area contributed by atoms with Crippen LogP contribution in [0.3, 0.4) is 0 Å². The summed E-state index contributed by atoms with van der Waals surface area (Å²) in [5.41, 5.74) is 0. The summed E-state index contributed by atoms with van der Waals surface area (Å²) in [4.78, 5) is 24.7. The third-order valence-corrected chi connectivity index (χ3v) is 15.7. The summed E-state index contributed by atoms with van der Waals surface area (Å²) in [5, 5.41) is 9.71. The van der Waals surface area contributed by atoms with E-state index in [0.29, 0.717) is 12.8 Å². The molecule has 1 N–H and O–H groups in total. The molecule has 5 nitrogen and oxygen atoms in total. The molecule has 464 valence electrons. The van der Waals surface area contributed by atoms with E-state index < -0.39 is 6.10 Å². The predicted octanol–water partition coefficient (Wildman–Crippen LogP) is 24.4. The molecule has 0 saturated heterocycles. The third kappa shape index (κ3) is 67.6. The van der Waals surface area contributed by atoms with Crippen molar-refractivity contribution in [3.63, 3.8) is 0 Å². The van der Waals surface area contributed by atoms with E-state index in [-0.39, 0.29) is 25.2 Å². The molecule has 0 aromatic carbocycles. The smallest absolute Gasteiger partial charge is 0.306 e. The number of carbonyl (C=O) groups excluding carboxylic acids is 2. The summed E-state index contributed by atoms with van der Waals surface area (Å²) in [7, 11) is 0. The molecule has 0 spiro atoms. The predicted molar refractivity (Wildman–Crippen MR) is 353 cm³/mol. The Balaban J connectivity index is 3.42. The van der Waals surface area contributed by atoms with Crippen molar-refractivity contribution in [2.75, 3.05) is 13.2 Å². The molecule has 1 unspecified atom stereocenters. The van der Waals surface area contributed by atoms with Gasteiger partial charge in [0, 0.05) is 12.8 Å². The molecule has 0 aliphatic rings. The topological polar surface area (TPSA) is 72.8 Å². The largest absolute Gasteiger partial charge is 0.462 e. The Hall–Kier alpha value is -2.92. The first-order valence-electron chi connectivity index (χ1n) is 35.1. The second-order valence-electron chi connectivity index (χ2n) is 23.6. The first-order valence-corrected chi connectivity index (χ1v) is 35.1. The van der Waals surface area contributed by atoms with Gasteiger partial charge < -0.3 is 14.6 Å². The lowest BCUT2D eigenvalue weighted by atomic mass is 10.0. The molecular formula is C75H134O5. The zero-order valence-electron chi connectivity index (χ0n) is 53.3. The second kappa shape index (κ2) is 70.3. The van der Waals surface area contributed by atoms with Crippen molar-refractivity contribution in [3.8, 4) is 0 Å². The van der Waals surface area contributed by atoms with E-state index in [1.54, 1.807) is 0 Å². The molecule has 0 amide bonds. The molecule has 0 aromatic rings. The van der Waals surface area contributed by atoms with Gasteiger partial charge in [-0.2, -0.15) is 0 Å². The van der Waals surface area contributed by atoms with E-state index in [9.17, 15) is 14.7 Å². The highest BCUT2D eigenvalue weighted by atomic mass is 16.6. The van der Waals surface area contributed by atoms with E-state index in [1.807, 2.05) is 0 Å². The molecule has 0 saturated carbocycles. The highest BCUT2D eigenvalue weighted by molar-refractivity contribution is 5.70. The number of carbonyl (C=O) groups is 2. The summed E-state index contributed by atoms with van der Waals surface area (Å²) >= 11 is 0. The molecule has 0 bridgehead atoms. The van der Waals surface area contributed by atoms with Crippen LogP contribution in [0.2, 0.25) is 0 Å². The number of rotatable bonds is 65. The van der Waals surface area contributed by atoms with Crippen molar-refractivity contribution in [2.45, 2.75) is 367 Å². The van der Waals surface area contributed by atoms with Gasteiger partial charge in [-0.15, -0.1) is 0 Å². The van der Waals surface area contributed by atoms with Gasteiger partial charge >= 0.3 is 11.9 Å². The Morgan fingerprint density at radius 2 is 0.537 bits per heavy atom. The lowest BCUT2D eigenvalue weighted by Crippen LogP contribution is -2.28. The minimum absolute atomic E-state index is 0.0633. The zero-order chi connectivity index (χ0) is 57.6. The van der Waals surface area contributed by atoms with Gasteiger partial charge in [0.05, 0.1) is 6.61 Å². The number of allylic oxidation sites excluding steroid dienone is 14. The van der Waals surface area contributed by atoms with E-state index in [2.05, 4.69) is 98.9 Å². The van der Waals surface area contributed by atoms with Gasteiger partial charge in [0.15, 0.2) is 6.10 Å². The van der Waals surface area contributed by atoms with Crippen LogP contribution in [0.5, 0.6) is 0 Å². The summed E-state index contributed by atoms with van der Waals surface area (Å²) in [6.07, 6.45) is 99.0. The monoisotopic (exact) mass is 1120 g/mol. The number of aliphatic hydroxyl groups excluding tert-OH is 1. The maximum Gasteiger partial charge on any atom is 0.306 e. The fourth-order valence-corrected chi connectivity index (χ4v) is 10.4. The van der Waals surface area contributed by atoms with E-state index in [4.69, 9.17) is 9.47 Å². The standard InChI is InChI=1S/C75H134O5/c1-3-5-7-9-11-13-15-17-19-21-23-25-27-29-31-33-35-37-39-41-43-45-47-49-51-53-55-57-59-61-63-65-67-69-74(77)79-72-73(71-76)80-75(78)70-68-66-64-62-60-58-56-54-52-50-48-46-44-42-40-38-36-34-32-30-28-26-24-22-20-18-16-14-12-10-8-6-4-2/h6,8,12,14-15,17-18,20-21,23-24,26,30,32,73,76H,3-5,7,9-11,13,16,19,22,25,27-29,31,33-72H2,1-2H3/b8-6-,14-12-,17-15-,20-18-,23-21-,26-24-,32-30-. The maximum atomic E-state index is 12.4.